The largest absolute Gasteiger partial charge is 0.272 e. The molecule has 0 atom stereocenters. The first-order valence-electron chi connectivity index (χ1n) is 11.1. The Balaban J connectivity index is 1.45. The van der Waals surface area contributed by atoms with Crippen molar-refractivity contribution in [1.82, 2.24) is 15.0 Å². The zero-order valence-electron chi connectivity index (χ0n) is 19.0. The van der Waals surface area contributed by atoms with E-state index in [2.05, 4.69) is 10.5 Å². The molecule has 0 fully saturated rings. The van der Waals surface area contributed by atoms with Crippen LogP contribution in [0.25, 0.3) is 15.9 Å². The van der Waals surface area contributed by atoms with E-state index in [-0.39, 0.29) is 17.2 Å². The fourth-order valence-electron chi connectivity index (χ4n) is 4.05. The van der Waals surface area contributed by atoms with Gasteiger partial charge in [0.2, 0.25) is 0 Å². The average Bonchev–Trinajstić information content (AvgIpc) is 3.41. The van der Waals surface area contributed by atoms with E-state index >= 15 is 0 Å². The SMILES string of the molecule is Cc1ccc(-n2c(SCC(=O)N/N=C\c3sccc3C)nc3sc4c(c3c2=O)CCCC4)cc1. The fraction of sp³-hybridized carbons (Fsp3) is 0.280. The minimum atomic E-state index is -0.245. The number of hydrazone groups is 1. The Morgan fingerprint density at radius 1 is 1.21 bits per heavy atom. The van der Waals surface area contributed by atoms with Crippen LogP contribution in [-0.2, 0) is 17.6 Å². The molecule has 174 valence electrons. The van der Waals surface area contributed by atoms with Crippen LogP contribution < -0.4 is 11.0 Å². The first-order chi connectivity index (χ1) is 16.5. The van der Waals surface area contributed by atoms with E-state index in [9.17, 15) is 9.59 Å². The highest BCUT2D eigenvalue weighted by atomic mass is 32.2. The molecule has 9 heteroatoms. The van der Waals surface area contributed by atoms with Crippen LogP contribution in [0.3, 0.4) is 0 Å². The van der Waals surface area contributed by atoms with Crippen molar-refractivity contribution in [2.75, 3.05) is 5.75 Å². The topological polar surface area (TPSA) is 76.3 Å². The number of aromatic nitrogens is 2. The van der Waals surface area contributed by atoms with E-state index in [1.807, 2.05) is 49.6 Å². The summed E-state index contributed by atoms with van der Waals surface area (Å²) >= 11 is 4.45. The maximum Gasteiger partial charge on any atom is 0.267 e. The van der Waals surface area contributed by atoms with Crippen LogP contribution in [0, 0.1) is 13.8 Å². The zero-order valence-corrected chi connectivity index (χ0v) is 21.4. The predicted octanol–water partition coefficient (Wildman–Crippen LogP) is 5.25. The summed E-state index contributed by atoms with van der Waals surface area (Å²) in [6, 6.07) is 9.84. The Labute approximate surface area is 209 Å². The highest BCUT2D eigenvalue weighted by Gasteiger charge is 2.23. The molecule has 1 amide bonds. The molecule has 1 aliphatic carbocycles. The molecule has 0 unspecified atom stereocenters. The van der Waals surface area contributed by atoms with Crippen LogP contribution in [0.4, 0.5) is 0 Å². The lowest BCUT2D eigenvalue weighted by Gasteiger charge is -2.13. The lowest BCUT2D eigenvalue weighted by molar-refractivity contribution is -0.118. The number of amides is 1. The average molecular weight is 509 g/mol. The summed E-state index contributed by atoms with van der Waals surface area (Å²) in [5.41, 5.74) is 6.69. The first kappa shape index (κ1) is 23.0. The molecular weight excluding hydrogens is 485 g/mol. The number of fused-ring (bicyclic) bond motifs is 3. The normalized spacial score (nSPS) is 13.5. The number of carbonyl (C=O) groups excluding carboxylic acids is 1. The fourth-order valence-corrected chi connectivity index (χ4v) is 6.94. The number of benzene rings is 1. The molecular formula is C25H24N4O2S3. The Bertz CT molecular complexity index is 1450. The summed E-state index contributed by atoms with van der Waals surface area (Å²) in [6.07, 6.45) is 5.85. The summed E-state index contributed by atoms with van der Waals surface area (Å²) in [5, 5.41) is 7.33. The molecule has 0 bridgehead atoms. The van der Waals surface area contributed by atoms with Gasteiger partial charge < -0.3 is 0 Å². The van der Waals surface area contributed by atoms with Gasteiger partial charge >= 0.3 is 0 Å². The number of thioether (sulfide) groups is 1. The first-order valence-corrected chi connectivity index (χ1v) is 13.8. The molecule has 3 aromatic heterocycles. The van der Waals surface area contributed by atoms with Gasteiger partial charge in [-0.15, -0.1) is 22.7 Å². The van der Waals surface area contributed by atoms with E-state index in [1.54, 1.807) is 33.5 Å². The molecule has 0 radical (unpaired) electrons. The summed E-state index contributed by atoms with van der Waals surface area (Å²) in [6.45, 7) is 4.02. The molecule has 1 aromatic carbocycles. The summed E-state index contributed by atoms with van der Waals surface area (Å²) in [7, 11) is 0. The minimum Gasteiger partial charge on any atom is -0.272 e. The van der Waals surface area contributed by atoms with Gasteiger partial charge in [0.1, 0.15) is 4.83 Å². The van der Waals surface area contributed by atoms with Crippen LogP contribution in [0.1, 0.15) is 39.3 Å². The summed E-state index contributed by atoms with van der Waals surface area (Å²) < 4.78 is 1.65. The van der Waals surface area contributed by atoms with Gasteiger partial charge in [0, 0.05) is 9.75 Å². The minimum absolute atomic E-state index is 0.0534. The Hall–Kier alpha value is -2.75. The third-order valence-electron chi connectivity index (χ3n) is 5.86. The molecule has 0 saturated carbocycles. The second-order valence-corrected chi connectivity index (χ2v) is 11.3. The molecule has 5 rings (SSSR count). The highest BCUT2D eigenvalue weighted by molar-refractivity contribution is 7.99. The zero-order chi connectivity index (χ0) is 23.7. The van der Waals surface area contributed by atoms with Gasteiger partial charge in [-0.1, -0.05) is 29.5 Å². The van der Waals surface area contributed by atoms with Crippen LogP contribution in [0.5, 0.6) is 0 Å². The Morgan fingerprint density at radius 3 is 2.76 bits per heavy atom. The second kappa shape index (κ2) is 9.85. The number of nitrogens with zero attached hydrogens (tertiary/aromatic N) is 3. The Morgan fingerprint density at radius 2 is 2.00 bits per heavy atom. The lowest BCUT2D eigenvalue weighted by Crippen LogP contribution is -2.24. The Kier molecular flexibility index (Phi) is 6.67. The van der Waals surface area contributed by atoms with Crippen molar-refractivity contribution in [3.8, 4) is 5.69 Å². The van der Waals surface area contributed by atoms with Gasteiger partial charge in [-0.2, -0.15) is 5.10 Å². The summed E-state index contributed by atoms with van der Waals surface area (Å²) in [4.78, 5) is 34.1. The van der Waals surface area contributed by atoms with Crippen molar-refractivity contribution < 1.29 is 4.79 Å². The third kappa shape index (κ3) is 4.60. The van der Waals surface area contributed by atoms with Crippen molar-refractivity contribution in [3.63, 3.8) is 0 Å². The maximum absolute atomic E-state index is 13.7. The molecule has 34 heavy (non-hydrogen) atoms. The number of nitrogens with one attached hydrogen (secondary N) is 1. The van der Waals surface area contributed by atoms with Crippen molar-refractivity contribution in [1.29, 1.82) is 0 Å². The molecule has 1 N–H and O–H groups in total. The number of aryl methyl sites for hydroxylation is 4. The molecule has 1 aliphatic rings. The van der Waals surface area contributed by atoms with Gasteiger partial charge in [-0.25, -0.2) is 10.4 Å². The quantitative estimate of drug-likeness (QED) is 0.167. The van der Waals surface area contributed by atoms with Crippen LogP contribution >= 0.6 is 34.4 Å². The highest BCUT2D eigenvalue weighted by Crippen LogP contribution is 2.35. The van der Waals surface area contributed by atoms with Crippen molar-refractivity contribution in [2.45, 2.75) is 44.7 Å². The van der Waals surface area contributed by atoms with E-state index in [0.29, 0.717) is 5.16 Å². The van der Waals surface area contributed by atoms with Crippen LogP contribution in [0.15, 0.2) is 50.8 Å². The molecule has 6 nitrogen and oxygen atoms in total. The molecule has 0 spiro atoms. The van der Waals surface area contributed by atoms with E-state index in [0.717, 1.165) is 63.2 Å². The van der Waals surface area contributed by atoms with E-state index in [1.165, 1.54) is 16.6 Å². The lowest BCUT2D eigenvalue weighted by atomic mass is 9.97. The molecule has 0 aliphatic heterocycles. The summed E-state index contributed by atoms with van der Waals surface area (Å²) in [5.74, 6) is -0.138. The van der Waals surface area contributed by atoms with Gasteiger partial charge in [-0.3, -0.25) is 14.2 Å². The van der Waals surface area contributed by atoms with Gasteiger partial charge in [-0.05, 0) is 74.2 Å². The molecule has 0 saturated heterocycles. The van der Waals surface area contributed by atoms with Crippen molar-refractivity contribution in [3.05, 3.63) is 72.5 Å². The maximum atomic E-state index is 13.7. The molecule has 4 aromatic rings. The number of carbonyl (C=O) groups is 1. The third-order valence-corrected chi connectivity index (χ3v) is 8.93. The smallest absolute Gasteiger partial charge is 0.267 e. The van der Waals surface area contributed by atoms with E-state index < -0.39 is 0 Å². The number of thiophene rings is 2. The predicted molar refractivity (Wildman–Crippen MR) is 142 cm³/mol. The number of rotatable bonds is 6. The van der Waals surface area contributed by atoms with Gasteiger partial charge in [0.05, 0.1) is 23.0 Å². The van der Waals surface area contributed by atoms with Gasteiger partial charge in [0.15, 0.2) is 5.16 Å². The number of hydrogen-bond donors (Lipinski definition) is 1. The monoisotopic (exact) mass is 508 g/mol. The van der Waals surface area contributed by atoms with Gasteiger partial charge in [0.25, 0.3) is 11.5 Å². The van der Waals surface area contributed by atoms with Crippen LogP contribution in [-0.4, -0.2) is 27.4 Å². The van der Waals surface area contributed by atoms with Crippen molar-refractivity contribution >= 4 is 56.8 Å². The van der Waals surface area contributed by atoms with Crippen molar-refractivity contribution in [2.24, 2.45) is 5.10 Å². The second-order valence-electron chi connectivity index (χ2n) is 8.31. The number of hydrogen-bond acceptors (Lipinski definition) is 7. The standard InChI is InChI=1S/C25H24N4O2S3/c1-15-7-9-17(10-8-15)29-24(31)22-18-5-3-4-6-19(18)34-23(22)27-25(29)33-14-21(30)28-26-13-20-16(2)11-12-32-20/h7-13H,3-6,14H2,1-2H3,(H,28,30)/b26-13-. The van der Waals surface area contributed by atoms with Crippen LogP contribution in [0.2, 0.25) is 0 Å². The molecule has 3 heterocycles. The van der Waals surface area contributed by atoms with E-state index in [4.69, 9.17) is 4.98 Å².